The Hall–Kier alpha value is -1.91. The van der Waals surface area contributed by atoms with Crippen LogP contribution >= 0.6 is 0 Å². The first-order valence-electron chi connectivity index (χ1n) is 5.20. The molecule has 0 radical (unpaired) electrons. The first kappa shape index (κ1) is 10.6. The summed E-state index contributed by atoms with van der Waals surface area (Å²) < 4.78 is 1.86. The minimum atomic E-state index is 0.655. The van der Waals surface area contributed by atoms with Gasteiger partial charge in [-0.15, -0.1) is 0 Å². The largest absolute Gasteiger partial charge is 0.388 e. The Morgan fingerprint density at radius 2 is 2.19 bits per heavy atom. The molecule has 0 aromatic carbocycles. The zero-order valence-corrected chi connectivity index (χ0v) is 9.73. The van der Waals surface area contributed by atoms with E-state index in [-0.39, 0.29) is 0 Å². The lowest BCUT2D eigenvalue weighted by Gasteiger charge is -2.04. The van der Waals surface area contributed by atoms with Crippen molar-refractivity contribution >= 4 is 5.69 Å². The second-order valence-electron chi connectivity index (χ2n) is 3.65. The third-order valence-corrected chi connectivity index (χ3v) is 2.38. The molecule has 0 amide bonds. The second kappa shape index (κ2) is 4.30. The summed E-state index contributed by atoms with van der Waals surface area (Å²) in [5.41, 5.74) is 2.03. The first-order valence-corrected chi connectivity index (χ1v) is 5.20. The van der Waals surface area contributed by atoms with Crippen LogP contribution in [0.5, 0.6) is 0 Å². The van der Waals surface area contributed by atoms with Crippen LogP contribution in [0.25, 0.3) is 0 Å². The molecule has 1 N–H and O–H groups in total. The monoisotopic (exact) mass is 217 g/mol. The molecule has 0 atom stereocenters. The second-order valence-corrected chi connectivity index (χ2v) is 3.65. The van der Waals surface area contributed by atoms with Crippen LogP contribution in [0, 0.1) is 13.8 Å². The van der Waals surface area contributed by atoms with Crippen molar-refractivity contribution in [2.24, 2.45) is 0 Å². The van der Waals surface area contributed by atoms with E-state index in [1.807, 2.05) is 37.7 Å². The SMILES string of the molecule is CNc1ccnc(Cn2nc(C)nc2C)c1. The average molecular weight is 217 g/mol. The third-order valence-electron chi connectivity index (χ3n) is 2.38. The van der Waals surface area contributed by atoms with Crippen molar-refractivity contribution in [3.05, 3.63) is 35.7 Å². The van der Waals surface area contributed by atoms with Gasteiger partial charge in [-0.3, -0.25) is 4.98 Å². The Labute approximate surface area is 94.5 Å². The van der Waals surface area contributed by atoms with E-state index >= 15 is 0 Å². The fraction of sp³-hybridized carbons (Fsp3) is 0.364. The number of rotatable bonds is 3. The van der Waals surface area contributed by atoms with Crippen LogP contribution < -0.4 is 5.32 Å². The van der Waals surface area contributed by atoms with Gasteiger partial charge in [0.25, 0.3) is 0 Å². The maximum Gasteiger partial charge on any atom is 0.147 e. The zero-order valence-electron chi connectivity index (χ0n) is 9.73. The molecular weight excluding hydrogens is 202 g/mol. The number of nitrogens with one attached hydrogen (secondary N) is 1. The van der Waals surface area contributed by atoms with E-state index in [9.17, 15) is 0 Å². The normalized spacial score (nSPS) is 10.4. The Balaban J connectivity index is 2.23. The smallest absolute Gasteiger partial charge is 0.147 e. The molecule has 2 aromatic heterocycles. The molecule has 0 saturated carbocycles. The number of aryl methyl sites for hydroxylation is 2. The Bertz CT molecular complexity index is 489. The van der Waals surface area contributed by atoms with Crippen molar-refractivity contribution in [3.8, 4) is 0 Å². The van der Waals surface area contributed by atoms with Gasteiger partial charge >= 0.3 is 0 Å². The fourth-order valence-corrected chi connectivity index (χ4v) is 1.58. The minimum Gasteiger partial charge on any atom is -0.388 e. The van der Waals surface area contributed by atoms with Gasteiger partial charge in [0.2, 0.25) is 0 Å². The highest BCUT2D eigenvalue weighted by Gasteiger charge is 2.04. The van der Waals surface area contributed by atoms with Gasteiger partial charge < -0.3 is 5.32 Å². The van der Waals surface area contributed by atoms with E-state index < -0.39 is 0 Å². The number of anilines is 1. The molecule has 0 aliphatic rings. The molecule has 2 heterocycles. The molecule has 16 heavy (non-hydrogen) atoms. The van der Waals surface area contributed by atoms with Crippen LogP contribution in [0.2, 0.25) is 0 Å². The number of pyridine rings is 1. The average Bonchev–Trinajstić information content (AvgIpc) is 2.58. The summed E-state index contributed by atoms with van der Waals surface area (Å²) in [6.07, 6.45) is 1.79. The minimum absolute atomic E-state index is 0.655. The maximum absolute atomic E-state index is 4.31. The van der Waals surface area contributed by atoms with E-state index in [0.717, 1.165) is 23.0 Å². The molecule has 2 aromatic rings. The van der Waals surface area contributed by atoms with Crippen molar-refractivity contribution < 1.29 is 0 Å². The van der Waals surface area contributed by atoms with Gasteiger partial charge in [-0.2, -0.15) is 5.10 Å². The summed E-state index contributed by atoms with van der Waals surface area (Å²) in [7, 11) is 1.89. The lowest BCUT2D eigenvalue weighted by molar-refractivity contribution is 0.644. The highest BCUT2D eigenvalue weighted by molar-refractivity contribution is 5.42. The predicted molar refractivity (Wildman–Crippen MR) is 62.4 cm³/mol. The summed E-state index contributed by atoms with van der Waals surface area (Å²) >= 11 is 0. The molecule has 0 aliphatic carbocycles. The topological polar surface area (TPSA) is 55.6 Å². The molecule has 5 heteroatoms. The Kier molecular flexibility index (Phi) is 2.85. The first-order chi connectivity index (χ1) is 7.69. The van der Waals surface area contributed by atoms with Gasteiger partial charge in [0, 0.05) is 18.9 Å². The Morgan fingerprint density at radius 3 is 2.81 bits per heavy atom. The number of hydrogen-bond acceptors (Lipinski definition) is 4. The zero-order chi connectivity index (χ0) is 11.5. The van der Waals surface area contributed by atoms with Crippen LogP contribution in [-0.4, -0.2) is 26.8 Å². The molecule has 0 aliphatic heterocycles. The highest BCUT2D eigenvalue weighted by Crippen LogP contribution is 2.08. The van der Waals surface area contributed by atoms with Crippen LogP contribution in [0.1, 0.15) is 17.3 Å². The van der Waals surface area contributed by atoms with Crippen molar-refractivity contribution in [3.63, 3.8) is 0 Å². The summed E-state index contributed by atoms with van der Waals surface area (Å²) in [5, 5.41) is 7.39. The van der Waals surface area contributed by atoms with Crippen molar-refractivity contribution in [2.75, 3.05) is 12.4 Å². The van der Waals surface area contributed by atoms with Crippen LogP contribution in [-0.2, 0) is 6.54 Å². The standard InChI is InChI=1S/C11H15N5/c1-8-14-9(2)16(15-8)7-11-6-10(12-3)4-5-13-11/h4-6H,7H2,1-3H3,(H,12,13). The predicted octanol–water partition coefficient (Wildman–Crippen LogP) is 1.38. The van der Waals surface area contributed by atoms with Crippen molar-refractivity contribution in [2.45, 2.75) is 20.4 Å². The van der Waals surface area contributed by atoms with E-state index in [2.05, 4.69) is 20.4 Å². The number of hydrogen-bond donors (Lipinski definition) is 1. The number of aromatic nitrogens is 4. The van der Waals surface area contributed by atoms with Crippen molar-refractivity contribution in [1.82, 2.24) is 19.7 Å². The number of nitrogens with zero attached hydrogens (tertiary/aromatic N) is 4. The lowest BCUT2D eigenvalue weighted by Crippen LogP contribution is -2.06. The van der Waals surface area contributed by atoms with Gasteiger partial charge in [-0.25, -0.2) is 9.67 Å². The summed E-state index contributed by atoms with van der Waals surface area (Å²) in [5.74, 6) is 1.71. The van der Waals surface area contributed by atoms with Crippen molar-refractivity contribution in [1.29, 1.82) is 0 Å². The molecule has 0 spiro atoms. The highest BCUT2D eigenvalue weighted by atomic mass is 15.3. The summed E-state index contributed by atoms with van der Waals surface area (Å²) in [4.78, 5) is 8.56. The van der Waals surface area contributed by atoms with Gasteiger partial charge in [0.1, 0.15) is 11.6 Å². The van der Waals surface area contributed by atoms with Crippen LogP contribution in [0.4, 0.5) is 5.69 Å². The van der Waals surface area contributed by atoms with Gasteiger partial charge in [-0.05, 0) is 26.0 Å². The lowest BCUT2D eigenvalue weighted by atomic mass is 10.3. The van der Waals surface area contributed by atoms with Gasteiger partial charge in [-0.1, -0.05) is 0 Å². The van der Waals surface area contributed by atoms with Gasteiger partial charge in [0.15, 0.2) is 0 Å². The van der Waals surface area contributed by atoms with E-state index in [4.69, 9.17) is 0 Å². The summed E-state index contributed by atoms with van der Waals surface area (Å²) in [6.45, 7) is 4.49. The van der Waals surface area contributed by atoms with E-state index in [1.54, 1.807) is 6.20 Å². The van der Waals surface area contributed by atoms with Crippen LogP contribution in [0.15, 0.2) is 18.3 Å². The molecule has 0 fully saturated rings. The molecular formula is C11H15N5. The summed E-state index contributed by atoms with van der Waals surface area (Å²) in [6, 6.07) is 3.94. The molecule has 84 valence electrons. The quantitative estimate of drug-likeness (QED) is 0.844. The fourth-order valence-electron chi connectivity index (χ4n) is 1.58. The Morgan fingerprint density at radius 1 is 1.38 bits per heavy atom. The molecule has 0 unspecified atom stereocenters. The van der Waals surface area contributed by atoms with E-state index in [1.165, 1.54) is 0 Å². The molecule has 0 bridgehead atoms. The third kappa shape index (κ3) is 2.18. The van der Waals surface area contributed by atoms with Gasteiger partial charge in [0.05, 0.1) is 12.2 Å². The maximum atomic E-state index is 4.31. The van der Waals surface area contributed by atoms with E-state index in [0.29, 0.717) is 6.54 Å². The molecule has 0 saturated heterocycles. The molecule has 5 nitrogen and oxygen atoms in total. The molecule has 2 rings (SSSR count). The van der Waals surface area contributed by atoms with Crippen LogP contribution in [0.3, 0.4) is 0 Å².